The van der Waals surface area contributed by atoms with Crippen LogP contribution in [0, 0.1) is 0 Å². The van der Waals surface area contributed by atoms with E-state index in [4.69, 9.17) is 19.2 Å². The summed E-state index contributed by atoms with van der Waals surface area (Å²) < 4.78 is 19.7. The predicted molar refractivity (Wildman–Crippen MR) is 131 cm³/mol. The highest BCUT2D eigenvalue weighted by Crippen LogP contribution is 2.31. The van der Waals surface area contributed by atoms with E-state index in [1.807, 2.05) is 72.8 Å². The summed E-state index contributed by atoms with van der Waals surface area (Å²) in [5, 5.41) is 2.15. The van der Waals surface area contributed by atoms with E-state index < -0.39 is 0 Å². The molecule has 1 aliphatic heterocycles. The van der Waals surface area contributed by atoms with E-state index in [0.717, 1.165) is 65.0 Å². The van der Waals surface area contributed by atoms with Crippen LogP contribution in [-0.2, 0) is 11.3 Å². The molecule has 6 heteroatoms. The molecule has 3 aromatic carbocycles. The molecule has 2 heterocycles. The van der Waals surface area contributed by atoms with Crippen LogP contribution in [0.3, 0.4) is 0 Å². The second kappa shape index (κ2) is 10.1. The van der Waals surface area contributed by atoms with E-state index in [1.165, 1.54) is 0 Å². The van der Waals surface area contributed by atoms with Gasteiger partial charge in [-0.1, -0.05) is 30.3 Å². The Labute approximate surface area is 197 Å². The molecular weight excluding hydrogens is 432 g/mol. The minimum Gasteiger partial charge on any atom is -0.496 e. The summed E-state index contributed by atoms with van der Waals surface area (Å²) in [5.74, 6) is 2.45. The maximum absolute atomic E-state index is 5.95. The summed E-state index contributed by atoms with van der Waals surface area (Å²) in [4.78, 5) is 5.90. The molecule has 4 aromatic rings. The third-order valence-electron chi connectivity index (χ3n) is 5.63. The maximum atomic E-state index is 5.95. The van der Waals surface area contributed by atoms with E-state index in [-0.39, 0.29) is 6.10 Å². The van der Waals surface area contributed by atoms with Crippen molar-refractivity contribution in [1.29, 1.82) is 0 Å². The number of benzene rings is 3. The van der Waals surface area contributed by atoms with Crippen molar-refractivity contribution in [3.05, 3.63) is 89.0 Å². The van der Waals surface area contributed by atoms with Gasteiger partial charge in [0.2, 0.25) is 0 Å². The Bertz CT molecular complexity index is 1260. The number of aromatic nitrogens is 1. The average Bonchev–Trinajstić information content (AvgIpc) is 3.52. The van der Waals surface area contributed by atoms with Gasteiger partial charge in [0.15, 0.2) is 4.80 Å². The Morgan fingerprint density at radius 1 is 0.970 bits per heavy atom. The lowest BCUT2D eigenvalue weighted by Crippen LogP contribution is -2.24. The Morgan fingerprint density at radius 3 is 2.48 bits per heavy atom. The number of hydrogen-bond acceptors (Lipinski definition) is 5. The van der Waals surface area contributed by atoms with E-state index >= 15 is 0 Å². The fourth-order valence-corrected chi connectivity index (χ4v) is 4.91. The summed E-state index contributed by atoms with van der Waals surface area (Å²) in [7, 11) is 1.71. The van der Waals surface area contributed by atoms with Gasteiger partial charge in [-0.2, -0.15) is 0 Å². The highest BCUT2D eigenvalue weighted by atomic mass is 32.1. The largest absolute Gasteiger partial charge is 0.496 e. The molecule has 0 radical (unpaired) electrons. The molecule has 0 saturated carbocycles. The van der Waals surface area contributed by atoms with Crippen LogP contribution in [0.15, 0.2) is 89.2 Å². The topological polar surface area (TPSA) is 45.0 Å². The van der Waals surface area contributed by atoms with Gasteiger partial charge in [-0.3, -0.25) is 0 Å². The van der Waals surface area contributed by atoms with Crippen LogP contribution >= 0.6 is 11.3 Å². The first kappa shape index (κ1) is 21.5. The molecule has 1 unspecified atom stereocenters. The van der Waals surface area contributed by atoms with Crippen molar-refractivity contribution < 1.29 is 14.2 Å². The molecule has 0 bridgehead atoms. The van der Waals surface area contributed by atoms with Crippen LogP contribution in [0.1, 0.15) is 12.8 Å². The third kappa shape index (κ3) is 5.02. The van der Waals surface area contributed by atoms with E-state index in [9.17, 15) is 0 Å². The second-order valence-corrected chi connectivity index (χ2v) is 8.71. The standard InChI is InChI=1S/C27H26N2O3S/c1-30-26-12-6-5-11-24(26)25-19-33-27(29(25)18-23-10-7-17-31-23)28-20-13-15-22(16-14-20)32-21-8-3-2-4-9-21/h2-6,8-9,11-16,19,23H,7,10,17-18H2,1H3. The van der Waals surface area contributed by atoms with Crippen LogP contribution in [0.5, 0.6) is 17.2 Å². The molecule has 0 spiro atoms. The number of nitrogens with zero attached hydrogens (tertiary/aromatic N) is 2. The van der Waals surface area contributed by atoms with Crippen LogP contribution in [0.4, 0.5) is 5.69 Å². The van der Waals surface area contributed by atoms with Crippen molar-refractivity contribution in [2.75, 3.05) is 13.7 Å². The molecule has 1 saturated heterocycles. The Balaban J connectivity index is 1.48. The van der Waals surface area contributed by atoms with Gasteiger partial charge < -0.3 is 18.8 Å². The summed E-state index contributed by atoms with van der Waals surface area (Å²) >= 11 is 1.63. The number of rotatable bonds is 7. The van der Waals surface area contributed by atoms with Crippen molar-refractivity contribution in [2.24, 2.45) is 4.99 Å². The van der Waals surface area contributed by atoms with Crippen LogP contribution < -0.4 is 14.3 Å². The van der Waals surface area contributed by atoms with Crippen molar-refractivity contribution in [3.63, 3.8) is 0 Å². The summed E-state index contributed by atoms with van der Waals surface area (Å²) in [5.41, 5.74) is 3.03. The monoisotopic (exact) mass is 458 g/mol. The number of thiazole rings is 1. The summed E-state index contributed by atoms with van der Waals surface area (Å²) in [6.45, 7) is 1.60. The average molecular weight is 459 g/mol. The summed E-state index contributed by atoms with van der Waals surface area (Å²) in [6, 6.07) is 25.7. The smallest absolute Gasteiger partial charge is 0.190 e. The number of ether oxygens (including phenoxy) is 3. The Hall–Kier alpha value is -3.35. The predicted octanol–water partition coefficient (Wildman–Crippen LogP) is 6.43. The first-order chi connectivity index (χ1) is 16.3. The molecular formula is C27H26N2O3S. The van der Waals surface area contributed by atoms with Crippen LogP contribution in [-0.4, -0.2) is 24.4 Å². The van der Waals surface area contributed by atoms with Gasteiger partial charge in [0.05, 0.1) is 31.1 Å². The van der Waals surface area contributed by atoms with Crippen molar-refractivity contribution in [2.45, 2.75) is 25.5 Å². The Morgan fingerprint density at radius 2 is 1.73 bits per heavy atom. The molecule has 1 atom stereocenters. The zero-order chi connectivity index (χ0) is 22.5. The van der Waals surface area contributed by atoms with Gasteiger partial charge in [0.1, 0.15) is 17.2 Å². The molecule has 1 aromatic heterocycles. The lowest BCUT2D eigenvalue weighted by molar-refractivity contribution is 0.0968. The van der Waals surface area contributed by atoms with E-state index in [1.54, 1.807) is 18.4 Å². The molecule has 5 rings (SSSR count). The fourth-order valence-electron chi connectivity index (χ4n) is 3.98. The van der Waals surface area contributed by atoms with E-state index in [0.29, 0.717) is 0 Å². The van der Waals surface area contributed by atoms with Gasteiger partial charge in [-0.25, -0.2) is 4.99 Å². The molecule has 168 valence electrons. The lowest BCUT2D eigenvalue weighted by atomic mass is 10.1. The SMILES string of the molecule is COc1ccccc1-c1csc(=Nc2ccc(Oc3ccccc3)cc2)n1CC1CCCO1. The van der Waals surface area contributed by atoms with Crippen molar-refractivity contribution >= 4 is 17.0 Å². The van der Waals surface area contributed by atoms with Gasteiger partial charge in [-0.15, -0.1) is 11.3 Å². The highest BCUT2D eigenvalue weighted by Gasteiger charge is 2.20. The van der Waals surface area contributed by atoms with Crippen molar-refractivity contribution in [3.8, 4) is 28.5 Å². The fraction of sp³-hybridized carbons (Fsp3) is 0.222. The van der Waals surface area contributed by atoms with Gasteiger partial charge in [-0.05, 0) is 61.4 Å². The molecule has 5 nitrogen and oxygen atoms in total. The molecule has 33 heavy (non-hydrogen) atoms. The van der Waals surface area contributed by atoms with Gasteiger partial charge >= 0.3 is 0 Å². The van der Waals surface area contributed by atoms with E-state index in [2.05, 4.69) is 16.0 Å². The minimum absolute atomic E-state index is 0.202. The first-order valence-corrected chi connectivity index (χ1v) is 12.0. The number of methoxy groups -OCH3 is 1. The molecule has 0 N–H and O–H groups in total. The normalized spacial score (nSPS) is 16.2. The van der Waals surface area contributed by atoms with Crippen LogP contribution in [0.2, 0.25) is 0 Å². The quantitative estimate of drug-likeness (QED) is 0.321. The second-order valence-electron chi connectivity index (χ2n) is 7.87. The molecule has 0 aliphatic carbocycles. The van der Waals surface area contributed by atoms with Gasteiger partial charge in [0, 0.05) is 17.6 Å². The highest BCUT2D eigenvalue weighted by molar-refractivity contribution is 7.07. The zero-order valence-electron chi connectivity index (χ0n) is 18.5. The summed E-state index contributed by atoms with van der Waals surface area (Å²) in [6.07, 6.45) is 2.38. The first-order valence-electron chi connectivity index (χ1n) is 11.1. The molecule has 1 aliphatic rings. The third-order valence-corrected chi connectivity index (χ3v) is 6.49. The maximum Gasteiger partial charge on any atom is 0.190 e. The molecule has 1 fully saturated rings. The minimum atomic E-state index is 0.202. The number of para-hydroxylation sites is 2. The van der Waals surface area contributed by atoms with Crippen molar-refractivity contribution in [1.82, 2.24) is 4.57 Å². The van der Waals surface area contributed by atoms with Crippen LogP contribution in [0.25, 0.3) is 11.3 Å². The zero-order valence-corrected chi connectivity index (χ0v) is 19.3. The Kier molecular flexibility index (Phi) is 6.56. The molecule has 0 amide bonds. The number of hydrogen-bond donors (Lipinski definition) is 0. The van der Waals surface area contributed by atoms with Gasteiger partial charge in [0.25, 0.3) is 0 Å². The lowest BCUT2D eigenvalue weighted by Gasteiger charge is -2.15.